The van der Waals surface area contributed by atoms with E-state index < -0.39 is 5.60 Å². The predicted molar refractivity (Wildman–Crippen MR) is 75.7 cm³/mol. The van der Waals surface area contributed by atoms with Crippen LogP contribution in [0.5, 0.6) is 0 Å². The number of likely N-dealkylation sites (tertiary alicyclic amines) is 1. The maximum atomic E-state index is 11.6. The summed E-state index contributed by atoms with van der Waals surface area (Å²) in [6, 6.07) is 10.2. The van der Waals surface area contributed by atoms with Crippen molar-refractivity contribution in [1.29, 1.82) is 5.26 Å². The molecule has 4 heteroatoms. The average Bonchev–Trinajstić information content (AvgIpc) is 2.90. The molecule has 4 nitrogen and oxygen atoms in total. The van der Waals surface area contributed by atoms with Crippen LogP contribution in [0.3, 0.4) is 0 Å². The average molecular weight is 270 g/mol. The van der Waals surface area contributed by atoms with Gasteiger partial charge in [0.05, 0.1) is 19.2 Å². The molecule has 1 aliphatic heterocycles. The molecule has 0 N–H and O–H groups in total. The van der Waals surface area contributed by atoms with Crippen LogP contribution in [0.15, 0.2) is 36.9 Å². The van der Waals surface area contributed by atoms with Gasteiger partial charge in [0.25, 0.3) is 0 Å². The van der Waals surface area contributed by atoms with Crippen molar-refractivity contribution in [2.24, 2.45) is 0 Å². The summed E-state index contributed by atoms with van der Waals surface area (Å²) in [5, 5.41) is 9.38. The molecule has 2 rings (SSSR count). The first-order valence-corrected chi connectivity index (χ1v) is 6.61. The van der Waals surface area contributed by atoms with E-state index in [1.54, 1.807) is 4.90 Å². The lowest BCUT2D eigenvalue weighted by atomic mass is 10.1. The third-order valence-electron chi connectivity index (χ3n) is 3.52. The maximum Gasteiger partial charge on any atom is 0.246 e. The van der Waals surface area contributed by atoms with Crippen LogP contribution in [-0.2, 0) is 16.1 Å². The minimum absolute atomic E-state index is 0.152. The summed E-state index contributed by atoms with van der Waals surface area (Å²) in [4.78, 5) is 13.2. The number of nitrogens with zero attached hydrogens (tertiary/aromatic N) is 2. The number of ether oxygens (including phenoxy) is 1. The fraction of sp³-hybridized carbons (Fsp3) is 0.375. The van der Waals surface area contributed by atoms with Gasteiger partial charge < -0.3 is 9.64 Å². The molecule has 0 aromatic heterocycles. The molecule has 1 saturated heterocycles. The summed E-state index contributed by atoms with van der Waals surface area (Å²) in [6.07, 6.45) is 1.81. The number of rotatable bonds is 4. The van der Waals surface area contributed by atoms with E-state index >= 15 is 0 Å². The van der Waals surface area contributed by atoms with Gasteiger partial charge in [-0.2, -0.15) is 5.26 Å². The largest absolute Gasteiger partial charge is 0.353 e. The summed E-state index contributed by atoms with van der Waals surface area (Å²) < 4.78 is 5.82. The minimum atomic E-state index is -0.900. The molecule has 1 aromatic rings. The van der Waals surface area contributed by atoms with Crippen molar-refractivity contribution in [2.45, 2.75) is 25.6 Å². The number of nitriles is 1. The predicted octanol–water partition coefficient (Wildman–Crippen LogP) is 2.19. The first-order chi connectivity index (χ1) is 9.58. The highest BCUT2D eigenvalue weighted by molar-refractivity contribution is 5.87. The summed E-state index contributed by atoms with van der Waals surface area (Å²) in [5.74, 6) is -0.152. The van der Waals surface area contributed by atoms with E-state index in [0.717, 1.165) is 11.1 Å². The first-order valence-electron chi connectivity index (χ1n) is 6.61. The normalized spacial score (nSPS) is 21.5. The van der Waals surface area contributed by atoms with Gasteiger partial charge in [0.1, 0.15) is 0 Å². The monoisotopic (exact) mass is 270 g/mol. The molecule has 0 spiro atoms. The highest BCUT2D eigenvalue weighted by atomic mass is 16.5. The quantitative estimate of drug-likeness (QED) is 0.788. The maximum absolute atomic E-state index is 11.6. The van der Waals surface area contributed by atoms with E-state index in [1.165, 1.54) is 6.08 Å². The van der Waals surface area contributed by atoms with Crippen LogP contribution in [-0.4, -0.2) is 29.5 Å². The fourth-order valence-corrected chi connectivity index (χ4v) is 2.36. The van der Waals surface area contributed by atoms with Gasteiger partial charge in [-0.15, -0.1) is 0 Å². The second-order valence-corrected chi connectivity index (χ2v) is 5.10. The standard InChI is InChI=1S/C16H18N2O2/c1-3-15(19)18-8-7-16(11-17,12-18)20-10-14-6-4-5-13(2)9-14/h3-6,9H,1,7-8,10,12H2,2H3. The van der Waals surface area contributed by atoms with Gasteiger partial charge in [-0.3, -0.25) is 4.79 Å². The van der Waals surface area contributed by atoms with Crippen molar-refractivity contribution in [3.8, 4) is 6.07 Å². The van der Waals surface area contributed by atoms with Crippen LogP contribution >= 0.6 is 0 Å². The van der Waals surface area contributed by atoms with Crippen LogP contribution < -0.4 is 0 Å². The Balaban J connectivity index is 2.02. The van der Waals surface area contributed by atoms with Crippen molar-refractivity contribution in [2.75, 3.05) is 13.1 Å². The molecular weight excluding hydrogens is 252 g/mol. The van der Waals surface area contributed by atoms with Gasteiger partial charge in [0.2, 0.25) is 5.91 Å². The lowest BCUT2D eigenvalue weighted by Crippen LogP contribution is -2.36. The Morgan fingerprint density at radius 2 is 2.45 bits per heavy atom. The van der Waals surface area contributed by atoms with Crippen LogP contribution in [0.4, 0.5) is 0 Å². The molecule has 1 fully saturated rings. The van der Waals surface area contributed by atoms with E-state index in [-0.39, 0.29) is 5.91 Å². The highest BCUT2D eigenvalue weighted by Crippen LogP contribution is 2.26. The van der Waals surface area contributed by atoms with Gasteiger partial charge in [0, 0.05) is 13.0 Å². The van der Waals surface area contributed by atoms with E-state index in [2.05, 4.69) is 12.6 Å². The first kappa shape index (κ1) is 14.3. The van der Waals surface area contributed by atoms with Gasteiger partial charge >= 0.3 is 0 Å². The van der Waals surface area contributed by atoms with Crippen molar-refractivity contribution >= 4 is 5.91 Å². The Kier molecular flexibility index (Phi) is 4.21. The van der Waals surface area contributed by atoms with Crippen molar-refractivity contribution in [3.63, 3.8) is 0 Å². The number of hydrogen-bond acceptors (Lipinski definition) is 3. The number of carbonyl (C=O) groups is 1. The summed E-state index contributed by atoms with van der Waals surface area (Å²) in [7, 11) is 0. The zero-order valence-corrected chi connectivity index (χ0v) is 11.6. The molecule has 1 unspecified atom stereocenters. The number of amides is 1. The Bertz CT molecular complexity index is 562. The lowest BCUT2D eigenvalue weighted by molar-refractivity contribution is -0.126. The van der Waals surface area contributed by atoms with E-state index in [1.807, 2.05) is 31.2 Å². The molecule has 20 heavy (non-hydrogen) atoms. The molecule has 1 atom stereocenters. The molecule has 1 aliphatic rings. The second-order valence-electron chi connectivity index (χ2n) is 5.10. The van der Waals surface area contributed by atoms with Crippen molar-refractivity contribution < 1.29 is 9.53 Å². The topological polar surface area (TPSA) is 53.3 Å². The molecule has 104 valence electrons. The summed E-state index contributed by atoms with van der Waals surface area (Å²) in [6.45, 7) is 6.70. The molecule has 0 bridgehead atoms. The summed E-state index contributed by atoms with van der Waals surface area (Å²) in [5.41, 5.74) is 1.29. The molecule has 1 amide bonds. The van der Waals surface area contributed by atoms with Gasteiger partial charge in [-0.05, 0) is 18.6 Å². The summed E-state index contributed by atoms with van der Waals surface area (Å²) >= 11 is 0. The van der Waals surface area contributed by atoms with Crippen LogP contribution in [0.25, 0.3) is 0 Å². The van der Waals surface area contributed by atoms with Crippen molar-refractivity contribution in [3.05, 3.63) is 48.0 Å². The van der Waals surface area contributed by atoms with Crippen LogP contribution in [0.1, 0.15) is 17.5 Å². The Hall–Kier alpha value is -2.12. The highest BCUT2D eigenvalue weighted by Gasteiger charge is 2.40. The second kappa shape index (κ2) is 5.89. The number of carbonyl (C=O) groups excluding carboxylic acids is 1. The molecule has 0 aliphatic carbocycles. The van der Waals surface area contributed by atoms with Crippen LogP contribution in [0, 0.1) is 18.3 Å². The van der Waals surface area contributed by atoms with E-state index in [4.69, 9.17) is 4.74 Å². The van der Waals surface area contributed by atoms with E-state index in [9.17, 15) is 10.1 Å². The Morgan fingerprint density at radius 1 is 1.65 bits per heavy atom. The minimum Gasteiger partial charge on any atom is -0.353 e. The van der Waals surface area contributed by atoms with E-state index in [0.29, 0.717) is 26.1 Å². The number of benzene rings is 1. The Morgan fingerprint density at radius 3 is 3.10 bits per heavy atom. The third kappa shape index (κ3) is 3.06. The van der Waals surface area contributed by atoms with Gasteiger partial charge in [-0.25, -0.2) is 0 Å². The zero-order valence-electron chi connectivity index (χ0n) is 11.6. The molecule has 1 heterocycles. The smallest absolute Gasteiger partial charge is 0.246 e. The third-order valence-corrected chi connectivity index (χ3v) is 3.52. The number of hydrogen-bond donors (Lipinski definition) is 0. The van der Waals surface area contributed by atoms with Crippen LogP contribution in [0.2, 0.25) is 0 Å². The molecule has 0 radical (unpaired) electrons. The molecular formula is C16H18N2O2. The Labute approximate surface area is 119 Å². The lowest BCUT2D eigenvalue weighted by Gasteiger charge is -2.22. The number of aryl methyl sites for hydroxylation is 1. The van der Waals surface area contributed by atoms with Crippen molar-refractivity contribution in [1.82, 2.24) is 4.90 Å². The zero-order chi connectivity index (χ0) is 14.6. The molecule has 0 saturated carbocycles. The van der Waals surface area contributed by atoms with Gasteiger partial charge in [-0.1, -0.05) is 36.4 Å². The molecule has 1 aromatic carbocycles. The van der Waals surface area contributed by atoms with Gasteiger partial charge in [0.15, 0.2) is 5.60 Å². The SMILES string of the molecule is C=CC(=O)N1CCC(C#N)(OCc2cccc(C)c2)C1. The fourth-order valence-electron chi connectivity index (χ4n) is 2.36.